The van der Waals surface area contributed by atoms with Gasteiger partial charge in [-0.25, -0.2) is 4.99 Å². The van der Waals surface area contributed by atoms with Gasteiger partial charge < -0.3 is 19.9 Å². The van der Waals surface area contributed by atoms with Crippen LogP contribution >= 0.6 is 0 Å². The van der Waals surface area contributed by atoms with Gasteiger partial charge in [-0.3, -0.25) is 4.79 Å². The van der Waals surface area contributed by atoms with Gasteiger partial charge in [0.15, 0.2) is 5.96 Å². The zero-order valence-corrected chi connectivity index (χ0v) is 14.9. The lowest BCUT2D eigenvalue weighted by atomic mass is 10.2. The first kappa shape index (κ1) is 18.1. The van der Waals surface area contributed by atoms with Gasteiger partial charge in [-0.2, -0.15) is 0 Å². The number of benzene rings is 1. The Morgan fingerprint density at radius 2 is 1.83 bits per heavy atom. The molecule has 0 aliphatic carbocycles. The molecule has 1 aromatic carbocycles. The molecule has 1 aromatic rings. The lowest BCUT2D eigenvalue weighted by Gasteiger charge is -2.36. The van der Waals surface area contributed by atoms with Crippen molar-refractivity contribution in [3.63, 3.8) is 0 Å². The van der Waals surface area contributed by atoms with Crippen LogP contribution in [0.4, 0.5) is 0 Å². The highest BCUT2D eigenvalue weighted by atomic mass is 16.5. The highest BCUT2D eigenvalue weighted by Crippen LogP contribution is 2.19. The Labute approximate surface area is 144 Å². The van der Waals surface area contributed by atoms with Crippen LogP contribution in [0.3, 0.4) is 0 Å². The summed E-state index contributed by atoms with van der Waals surface area (Å²) >= 11 is 0. The number of hydrogen-bond acceptors (Lipinski definition) is 3. The summed E-state index contributed by atoms with van der Waals surface area (Å²) in [6.45, 7) is 10.8. The van der Waals surface area contributed by atoms with E-state index in [1.165, 1.54) is 0 Å². The van der Waals surface area contributed by atoms with E-state index in [0.717, 1.165) is 50.0 Å². The fourth-order valence-electron chi connectivity index (χ4n) is 2.75. The van der Waals surface area contributed by atoms with Gasteiger partial charge >= 0.3 is 0 Å². The fraction of sp³-hybridized carbons (Fsp3) is 0.556. The Morgan fingerprint density at radius 1 is 1.17 bits per heavy atom. The summed E-state index contributed by atoms with van der Waals surface area (Å²) in [5.41, 5.74) is 1.08. The van der Waals surface area contributed by atoms with E-state index < -0.39 is 0 Å². The monoisotopic (exact) mass is 332 g/mol. The predicted octanol–water partition coefficient (Wildman–Crippen LogP) is 1.71. The summed E-state index contributed by atoms with van der Waals surface area (Å²) in [5, 5.41) is 3.35. The topological polar surface area (TPSA) is 57.2 Å². The smallest absolute Gasteiger partial charge is 0.219 e. The molecule has 2 rings (SSSR count). The summed E-state index contributed by atoms with van der Waals surface area (Å²) in [6.07, 6.45) is 0. The number of carbonyl (C=O) groups is 1. The summed E-state index contributed by atoms with van der Waals surface area (Å²) < 4.78 is 5.67. The molecular weight excluding hydrogens is 304 g/mol. The summed E-state index contributed by atoms with van der Waals surface area (Å²) in [7, 11) is 0. The Morgan fingerprint density at radius 3 is 2.46 bits per heavy atom. The number of piperazine rings is 1. The van der Waals surface area contributed by atoms with Crippen LogP contribution in [0.15, 0.2) is 29.3 Å². The van der Waals surface area contributed by atoms with E-state index in [1.807, 2.05) is 36.1 Å². The molecule has 0 radical (unpaired) electrons. The third-order valence-electron chi connectivity index (χ3n) is 4.03. The first-order valence-corrected chi connectivity index (χ1v) is 8.65. The lowest BCUT2D eigenvalue weighted by molar-refractivity contribution is -0.130. The largest absolute Gasteiger partial charge is 0.494 e. The molecule has 1 N–H and O–H groups in total. The third kappa shape index (κ3) is 4.88. The number of hydrogen-bond donors (Lipinski definition) is 1. The van der Waals surface area contributed by atoms with Crippen LogP contribution in [0.5, 0.6) is 5.75 Å². The van der Waals surface area contributed by atoms with Crippen molar-refractivity contribution in [3.05, 3.63) is 29.8 Å². The maximum Gasteiger partial charge on any atom is 0.219 e. The second-order valence-corrected chi connectivity index (χ2v) is 5.70. The van der Waals surface area contributed by atoms with E-state index in [9.17, 15) is 4.79 Å². The number of carbonyl (C=O) groups excluding carboxylic acids is 1. The standard InChI is InChI=1S/C18H28N4O2/c1-4-19-18(22-12-10-21(11-13-22)15(3)23)20-14-16-8-6-7-9-17(16)24-5-2/h6-9H,4-5,10-14H2,1-3H3,(H,19,20). The molecular formula is C18H28N4O2. The number of rotatable bonds is 5. The molecule has 1 heterocycles. The SMILES string of the molecule is CCNC(=NCc1ccccc1OCC)N1CCN(C(C)=O)CC1. The van der Waals surface area contributed by atoms with Crippen LogP contribution in [0.25, 0.3) is 0 Å². The average molecular weight is 332 g/mol. The Kier molecular flexibility index (Phi) is 6.90. The molecule has 0 spiro atoms. The molecule has 1 amide bonds. The maximum atomic E-state index is 11.5. The van der Waals surface area contributed by atoms with Crippen molar-refractivity contribution in [1.82, 2.24) is 15.1 Å². The summed E-state index contributed by atoms with van der Waals surface area (Å²) in [5.74, 6) is 1.93. The number of nitrogens with one attached hydrogen (secondary N) is 1. The van der Waals surface area contributed by atoms with Crippen molar-refractivity contribution in [2.75, 3.05) is 39.3 Å². The Hall–Kier alpha value is -2.24. The lowest BCUT2D eigenvalue weighted by Crippen LogP contribution is -2.53. The van der Waals surface area contributed by atoms with E-state index >= 15 is 0 Å². The van der Waals surface area contributed by atoms with Gasteiger partial charge in [0.05, 0.1) is 13.2 Å². The molecule has 0 aromatic heterocycles. The van der Waals surface area contributed by atoms with Crippen molar-refractivity contribution < 1.29 is 9.53 Å². The van der Waals surface area contributed by atoms with Gasteiger partial charge in [0, 0.05) is 45.2 Å². The maximum absolute atomic E-state index is 11.5. The molecule has 0 atom stereocenters. The molecule has 24 heavy (non-hydrogen) atoms. The first-order valence-electron chi connectivity index (χ1n) is 8.65. The predicted molar refractivity (Wildman–Crippen MR) is 96.3 cm³/mol. The van der Waals surface area contributed by atoms with Crippen LogP contribution < -0.4 is 10.1 Å². The molecule has 0 saturated carbocycles. The average Bonchev–Trinajstić information content (AvgIpc) is 2.60. The molecule has 1 saturated heterocycles. The van der Waals surface area contributed by atoms with Crippen LogP contribution in [-0.4, -0.2) is 61.0 Å². The zero-order chi connectivity index (χ0) is 17.4. The van der Waals surface area contributed by atoms with Crippen LogP contribution in [-0.2, 0) is 11.3 Å². The molecule has 6 heteroatoms. The zero-order valence-electron chi connectivity index (χ0n) is 14.9. The van der Waals surface area contributed by atoms with E-state index in [4.69, 9.17) is 9.73 Å². The van der Waals surface area contributed by atoms with Crippen LogP contribution in [0, 0.1) is 0 Å². The van der Waals surface area contributed by atoms with E-state index in [0.29, 0.717) is 13.2 Å². The van der Waals surface area contributed by atoms with E-state index in [1.54, 1.807) is 6.92 Å². The highest BCUT2D eigenvalue weighted by Gasteiger charge is 2.20. The molecule has 1 fully saturated rings. The number of guanidine groups is 1. The van der Waals surface area contributed by atoms with Gasteiger partial charge in [0.1, 0.15) is 5.75 Å². The molecule has 1 aliphatic heterocycles. The van der Waals surface area contributed by atoms with Crippen molar-refractivity contribution >= 4 is 11.9 Å². The Bertz CT molecular complexity index is 566. The quantitative estimate of drug-likeness (QED) is 0.659. The molecule has 0 bridgehead atoms. The summed E-state index contributed by atoms with van der Waals surface area (Å²) in [4.78, 5) is 20.3. The minimum atomic E-state index is 0.141. The Balaban J connectivity index is 2.05. The van der Waals surface area contributed by atoms with Gasteiger partial charge in [0.2, 0.25) is 5.91 Å². The minimum Gasteiger partial charge on any atom is -0.494 e. The number of amides is 1. The van der Waals surface area contributed by atoms with Crippen molar-refractivity contribution in [1.29, 1.82) is 0 Å². The third-order valence-corrected chi connectivity index (χ3v) is 4.03. The van der Waals surface area contributed by atoms with Crippen LogP contribution in [0.2, 0.25) is 0 Å². The van der Waals surface area contributed by atoms with Gasteiger partial charge in [0.25, 0.3) is 0 Å². The normalized spacial score (nSPS) is 15.4. The number of aliphatic imine (C=N–C) groups is 1. The highest BCUT2D eigenvalue weighted by molar-refractivity contribution is 5.80. The fourth-order valence-corrected chi connectivity index (χ4v) is 2.75. The number of ether oxygens (including phenoxy) is 1. The number of nitrogens with zero attached hydrogens (tertiary/aromatic N) is 3. The molecule has 0 unspecified atom stereocenters. The van der Waals surface area contributed by atoms with Crippen molar-refractivity contribution in [2.45, 2.75) is 27.3 Å². The first-order chi connectivity index (χ1) is 11.7. The van der Waals surface area contributed by atoms with Gasteiger partial charge in [-0.1, -0.05) is 18.2 Å². The number of para-hydroxylation sites is 1. The second kappa shape index (κ2) is 9.15. The van der Waals surface area contributed by atoms with E-state index in [2.05, 4.69) is 17.1 Å². The molecule has 6 nitrogen and oxygen atoms in total. The van der Waals surface area contributed by atoms with Crippen molar-refractivity contribution in [3.8, 4) is 5.75 Å². The molecule has 132 valence electrons. The van der Waals surface area contributed by atoms with Crippen LogP contribution in [0.1, 0.15) is 26.3 Å². The second-order valence-electron chi connectivity index (χ2n) is 5.70. The van der Waals surface area contributed by atoms with Crippen molar-refractivity contribution in [2.24, 2.45) is 4.99 Å². The minimum absolute atomic E-state index is 0.141. The van der Waals surface area contributed by atoms with E-state index in [-0.39, 0.29) is 5.91 Å². The van der Waals surface area contributed by atoms with Gasteiger partial charge in [-0.15, -0.1) is 0 Å². The van der Waals surface area contributed by atoms with Gasteiger partial charge in [-0.05, 0) is 19.9 Å². The summed E-state index contributed by atoms with van der Waals surface area (Å²) in [6, 6.07) is 8.01. The molecule has 1 aliphatic rings.